The lowest BCUT2D eigenvalue weighted by molar-refractivity contribution is -0.119. The first-order valence-corrected chi connectivity index (χ1v) is 11.0. The topological polar surface area (TPSA) is 69.0 Å². The highest BCUT2D eigenvalue weighted by molar-refractivity contribution is 7.99. The molecule has 0 aliphatic rings. The van der Waals surface area contributed by atoms with Crippen LogP contribution in [-0.4, -0.2) is 39.6 Å². The van der Waals surface area contributed by atoms with E-state index in [2.05, 4.69) is 29.4 Å². The second-order valence-electron chi connectivity index (χ2n) is 7.21. The number of halogens is 1. The third-order valence-electron chi connectivity index (χ3n) is 4.80. The number of amides is 1. The summed E-state index contributed by atoms with van der Waals surface area (Å²) in [4.78, 5) is 12.4. The molecular formula is C22H25ClN4O2S. The fourth-order valence-electron chi connectivity index (χ4n) is 2.74. The molecular weight excluding hydrogens is 420 g/mol. The van der Waals surface area contributed by atoms with Gasteiger partial charge in [0.1, 0.15) is 5.75 Å². The van der Waals surface area contributed by atoms with Crippen LogP contribution < -0.4 is 10.1 Å². The van der Waals surface area contributed by atoms with Crippen LogP contribution in [0.25, 0.3) is 17.1 Å². The SMILES string of the molecule is COc1ccc(-n2c(SCC(=O)NC(C)C(C)C)nnc2-c2ccccc2Cl)cc1. The molecule has 0 spiro atoms. The summed E-state index contributed by atoms with van der Waals surface area (Å²) in [5.74, 6) is 1.94. The number of aromatic nitrogens is 3. The molecule has 158 valence electrons. The number of hydrogen-bond donors (Lipinski definition) is 1. The van der Waals surface area contributed by atoms with Gasteiger partial charge in [-0.15, -0.1) is 10.2 Å². The number of nitrogens with zero attached hydrogens (tertiary/aromatic N) is 3. The van der Waals surface area contributed by atoms with E-state index in [9.17, 15) is 4.79 Å². The molecule has 0 bridgehead atoms. The Morgan fingerprint density at radius 3 is 2.47 bits per heavy atom. The molecule has 8 heteroatoms. The monoisotopic (exact) mass is 444 g/mol. The Labute approximate surface area is 186 Å². The van der Waals surface area contributed by atoms with Crippen molar-refractivity contribution in [2.45, 2.75) is 32.0 Å². The highest BCUT2D eigenvalue weighted by atomic mass is 35.5. The van der Waals surface area contributed by atoms with Crippen molar-refractivity contribution in [3.63, 3.8) is 0 Å². The van der Waals surface area contributed by atoms with Gasteiger partial charge in [-0.2, -0.15) is 0 Å². The van der Waals surface area contributed by atoms with Crippen LogP contribution in [0, 0.1) is 5.92 Å². The van der Waals surface area contributed by atoms with Crippen molar-refractivity contribution in [2.24, 2.45) is 5.92 Å². The summed E-state index contributed by atoms with van der Waals surface area (Å²) in [6.07, 6.45) is 0. The first-order valence-electron chi connectivity index (χ1n) is 9.67. The minimum atomic E-state index is -0.0372. The fourth-order valence-corrected chi connectivity index (χ4v) is 3.72. The summed E-state index contributed by atoms with van der Waals surface area (Å²) < 4.78 is 7.17. The van der Waals surface area contributed by atoms with Crippen LogP contribution in [0.5, 0.6) is 5.75 Å². The van der Waals surface area contributed by atoms with E-state index in [0.29, 0.717) is 21.9 Å². The number of rotatable bonds is 8. The maximum atomic E-state index is 12.4. The Morgan fingerprint density at radius 2 is 1.83 bits per heavy atom. The zero-order valence-electron chi connectivity index (χ0n) is 17.4. The molecule has 1 heterocycles. The summed E-state index contributed by atoms with van der Waals surface area (Å²) in [6.45, 7) is 6.16. The molecule has 0 saturated heterocycles. The second kappa shape index (κ2) is 10.00. The quantitative estimate of drug-likeness (QED) is 0.503. The molecule has 2 aromatic carbocycles. The molecule has 0 saturated carbocycles. The van der Waals surface area contributed by atoms with E-state index >= 15 is 0 Å². The number of carbonyl (C=O) groups excluding carboxylic acids is 1. The minimum Gasteiger partial charge on any atom is -0.497 e. The molecule has 0 aliphatic heterocycles. The molecule has 0 fully saturated rings. The van der Waals surface area contributed by atoms with Crippen LogP contribution in [0.3, 0.4) is 0 Å². The van der Waals surface area contributed by atoms with Gasteiger partial charge in [0.2, 0.25) is 5.91 Å². The van der Waals surface area contributed by atoms with Gasteiger partial charge in [-0.25, -0.2) is 0 Å². The molecule has 1 unspecified atom stereocenters. The van der Waals surface area contributed by atoms with Gasteiger partial charge in [-0.3, -0.25) is 9.36 Å². The average molecular weight is 445 g/mol. The average Bonchev–Trinajstić information content (AvgIpc) is 3.16. The number of benzene rings is 2. The predicted octanol–water partition coefficient (Wildman–Crippen LogP) is 4.85. The lowest BCUT2D eigenvalue weighted by atomic mass is 10.1. The number of carbonyl (C=O) groups is 1. The van der Waals surface area contributed by atoms with Gasteiger partial charge in [-0.05, 0) is 49.2 Å². The summed E-state index contributed by atoms with van der Waals surface area (Å²) in [7, 11) is 1.63. The second-order valence-corrected chi connectivity index (χ2v) is 8.56. The van der Waals surface area contributed by atoms with Crippen molar-refractivity contribution in [3.8, 4) is 22.8 Å². The number of methoxy groups -OCH3 is 1. The van der Waals surface area contributed by atoms with Crippen LogP contribution >= 0.6 is 23.4 Å². The number of ether oxygens (including phenoxy) is 1. The minimum absolute atomic E-state index is 0.0372. The Hall–Kier alpha value is -2.51. The van der Waals surface area contributed by atoms with Gasteiger partial charge in [0, 0.05) is 17.3 Å². The van der Waals surface area contributed by atoms with Crippen molar-refractivity contribution < 1.29 is 9.53 Å². The highest BCUT2D eigenvalue weighted by Gasteiger charge is 2.19. The normalized spacial score (nSPS) is 12.1. The fraction of sp³-hybridized carbons (Fsp3) is 0.318. The van der Waals surface area contributed by atoms with E-state index in [-0.39, 0.29) is 17.7 Å². The predicted molar refractivity (Wildman–Crippen MR) is 122 cm³/mol. The maximum absolute atomic E-state index is 12.4. The lowest BCUT2D eigenvalue weighted by Crippen LogP contribution is -2.37. The molecule has 0 radical (unpaired) electrons. The van der Waals surface area contributed by atoms with Gasteiger partial charge in [0.25, 0.3) is 0 Å². The first kappa shape index (κ1) is 22.2. The van der Waals surface area contributed by atoms with Crippen LogP contribution in [0.1, 0.15) is 20.8 Å². The molecule has 3 rings (SSSR count). The first-order chi connectivity index (χ1) is 14.4. The molecule has 1 aromatic heterocycles. The highest BCUT2D eigenvalue weighted by Crippen LogP contribution is 2.32. The molecule has 1 amide bonds. The number of hydrogen-bond acceptors (Lipinski definition) is 5. The molecule has 1 atom stereocenters. The van der Waals surface area contributed by atoms with Gasteiger partial charge >= 0.3 is 0 Å². The maximum Gasteiger partial charge on any atom is 0.230 e. The van der Waals surface area contributed by atoms with E-state index < -0.39 is 0 Å². The van der Waals surface area contributed by atoms with Crippen molar-refractivity contribution in [2.75, 3.05) is 12.9 Å². The standard InChI is InChI=1S/C22H25ClN4O2S/c1-14(2)15(3)24-20(28)13-30-22-26-25-21(18-7-5-6-8-19(18)23)27(22)16-9-11-17(29-4)12-10-16/h5-12,14-15H,13H2,1-4H3,(H,24,28). The van der Waals surface area contributed by atoms with Crippen molar-refractivity contribution >= 4 is 29.3 Å². The van der Waals surface area contributed by atoms with E-state index in [1.54, 1.807) is 7.11 Å². The Bertz CT molecular complexity index is 1000. The Balaban J connectivity index is 1.93. The molecule has 0 aliphatic carbocycles. The molecule has 1 N–H and O–H groups in total. The molecule has 6 nitrogen and oxygen atoms in total. The molecule has 3 aromatic rings. The largest absolute Gasteiger partial charge is 0.497 e. The van der Waals surface area contributed by atoms with Crippen molar-refractivity contribution in [1.82, 2.24) is 20.1 Å². The van der Waals surface area contributed by atoms with Gasteiger partial charge in [-0.1, -0.05) is 49.3 Å². The third kappa shape index (κ3) is 5.15. The van der Waals surface area contributed by atoms with E-state index in [4.69, 9.17) is 16.3 Å². The van der Waals surface area contributed by atoms with Gasteiger partial charge < -0.3 is 10.1 Å². The van der Waals surface area contributed by atoms with E-state index in [1.807, 2.05) is 60.0 Å². The third-order valence-corrected chi connectivity index (χ3v) is 6.06. The van der Waals surface area contributed by atoms with Crippen LogP contribution in [0.15, 0.2) is 53.7 Å². The molecule has 30 heavy (non-hydrogen) atoms. The zero-order valence-corrected chi connectivity index (χ0v) is 19.0. The van der Waals surface area contributed by atoms with Crippen LogP contribution in [0.4, 0.5) is 0 Å². The summed E-state index contributed by atoms with van der Waals surface area (Å²) in [5, 5.41) is 12.9. The van der Waals surface area contributed by atoms with Crippen LogP contribution in [-0.2, 0) is 4.79 Å². The summed E-state index contributed by atoms with van der Waals surface area (Å²) in [5.41, 5.74) is 1.63. The number of thioether (sulfide) groups is 1. The Morgan fingerprint density at radius 1 is 1.13 bits per heavy atom. The Kier molecular flexibility index (Phi) is 7.39. The van der Waals surface area contributed by atoms with Crippen molar-refractivity contribution in [3.05, 3.63) is 53.6 Å². The lowest BCUT2D eigenvalue weighted by Gasteiger charge is -2.17. The zero-order chi connectivity index (χ0) is 21.7. The van der Waals surface area contributed by atoms with E-state index in [0.717, 1.165) is 17.0 Å². The van der Waals surface area contributed by atoms with E-state index in [1.165, 1.54) is 11.8 Å². The smallest absolute Gasteiger partial charge is 0.230 e. The number of nitrogens with one attached hydrogen (secondary N) is 1. The van der Waals surface area contributed by atoms with Crippen molar-refractivity contribution in [1.29, 1.82) is 0 Å². The van der Waals surface area contributed by atoms with Gasteiger partial charge in [0.15, 0.2) is 11.0 Å². The summed E-state index contributed by atoms with van der Waals surface area (Å²) >= 11 is 7.76. The van der Waals surface area contributed by atoms with Crippen LogP contribution in [0.2, 0.25) is 5.02 Å². The van der Waals surface area contributed by atoms with Gasteiger partial charge in [0.05, 0.1) is 17.9 Å². The summed E-state index contributed by atoms with van der Waals surface area (Å²) in [6, 6.07) is 15.2.